The molecule has 0 saturated carbocycles. The molecule has 4 rings (SSSR count). The number of amides is 1. The highest BCUT2D eigenvalue weighted by Gasteiger charge is 2.13. The number of hydrogen-bond acceptors (Lipinski definition) is 5. The summed E-state index contributed by atoms with van der Waals surface area (Å²) in [5.41, 5.74) is 2.50. The van der Waals surface area contributed by atoms with Gasteiger partial charge in [-0.25, -0.2) is 0 Å². The molecule has 1 amide bonds. The molecule has 0 aliphatic rings. The number of hydrogen-bond donors (Lipinski definition) is 1. The Bertz CT molecular complexity index is 1380. The van der Waals surface area contributed by atoms with Crippen LogP contribution >= 0.6 is 23.2 Å². The number of halogens is 2. The van der Waals surface area contributed by atoms with E-state index in [1.165, 1.54) is 6.07 Å². The highest BCUT2D eigenvalue weighted by atomic mass is 35.5. The maximum absolute atomic E-state index is 12.8. The van der Waals surface area contributed by atoms with Gasteiger partial charge in [0.15, 0.2) is 5.82 Å². The summed E-state index contributed by atoms with van der Waals surface area (Å²) in [6.45, 7) is 2.22. The number of aryl methyl sites for hydroxylation is 1. The number of rotatable bonds is 8. The fraction of sp³-hybridized carbons (Fsp3) is 0.120. The lowest BCUT2D eigenvalue weighted by atomic mass is 10.1. The summed E-state index contributed by atoms with van der Waals surface area (Å²) in [7, 11) is 0. The monoisotopic (exact) mass is 510 g/mol. The van der Waals surface area contributed by atoms with Crippen molar-refractivity contribution in [3.05, 3.63) is 115 Å². The molecule has 0 fully saturated rings. The van der Waals surface area contributed by atoms with Crippen LogP contribution in [0, 0.1) is 17.0 Å². The molecular formula is C25H20Cl2N4O4. The molecule has 0 aliphatic heterocycles. The molecule has 0 saturated heterocycles. The van der Waals surface area contributed by atoms with E-state index in [1.807, 2.05) is 6.07 Å². The Hall–Kier alpha value is -3.88. The lowest BCUT2D eigenvalue weighted by molar-refractivity contribution is -0.385. The van der Waals surface area contributed by atoms with Crippen LogP contribution in [-0.4, -0.2) is 20.6 Å². The third-order valence-corrected chi connectivity index (χ3v) is 5.93. The third-order valence-electron chi connectivity index (χ3n) is 5.22. The zero-order valence-electron chi connectivity index (χ0n) is 18.6. The Balaban J connectivity index is 1.39. The van der Waals surface area contributed by atoms with Crippen molar-refractivity contribution < 1.29 is 14.5 Å². The van der Waals surface area contributed by atoms with Crippen LogP contribution in [0.15, 0.2) is 72.9 Å². The van der Waals surface area contributed by atoms with Gasteiger partial charge in [0.2, 0.25) is 0 Å². The number of carbonyl (C=O) groups excluding carboxylic acids is 1. The van der Waals surface area contributed by atoms with Gasteiger partial charge in [0.05, 0.1) is 11.5 Å². The number of nitro benzene ring substituents is 1. The molecule has 35 heavy (non-hydrogen) atoms. The lowest BCUT2D eigenvalue weighted by Crippen LogP contribution is -2.13. The van der Waals surface area contributed by atoms with Gasteiger partial charge in [0, 0.05) is 45.1 Å². The molecule has 8 nitrogen and oxygen atoms in total. The Morgan fingerprint density at radius 2 is 1.83 bits per heavy atom. The number of nitrogens with zero attached hydrogens (tertiary/aromatic N) is 3. The Morgan fingerprint density at radius 3 is 2.54 bits per heavy atom. The highest BCUT2D eigenvalue weighted by Crippen LogP contribution is 2.26. The first-order chi connectivity index (χ1) is 16.8. The maximum atomic E-state index is 12.8. The predicted molar refractivity (Wildman–Crippen MR) is 134 cm³/mol. The van der Waals surface area contributed by atoms with E-state index in [2.05, 4.69) is 10.4 Å². The van der Waals surface area contributed by atoms with Gasteiger partial charge in [-0.3, -0.25) is 19.6 Å². The fourth-order valence-corrected chi connectivity index (χ4v) is 3.96. The largest absolute Gasteiger partial charge is 0.489 e. The highest BCUT2D eigenvalue weighted by molar-refractivity contribution is 6.35. The van der Waals surface area contributed by atoms with Crippen LogP contribution in [0.3, 0.4) is 0 Å². The van der Waals surface area contributed by atoms with Crippen molar-refractivity contribution in [1.29, 1.82) is 0 Å². The summed E-state index contributed by atoms with van der Waals surface area (Å²) in [4.78, 5) is 23.3. The topological polar surface area (TPSA) is 99.3 Å². The molecule has 0 bridgehead atoms. The minimum atomic E-state index is -0.434. The van der Waals surface area contributed by atoms with Crippen molar-refractivity contribution in [2.75, 3.05) is 5.32 Å². The number of nitrogens with one attached hydrogen (secondary N) is 1. The first-order valence-corrected chi connectivity index (χ1v) is 11.3. The van der Waals surface area contributed by atoms with Gasteiger partial charge in [0.25, 0.3) is 11.6 Å². The second-order valence-corrected chi connectivity index (χ2v) is 8.56. The Labute approximate surface area is 211 Å². The van der Waals surface area contributed by atoms with Crippen molar-refractivity contribution >= 4 is 40.6 Å². The molecule has 1 heterocycles. The van der Waals surface area contributed by atoms with Crippen molar-refractivity contribution in [3.8, 4) is 5.75 Å². The van der Waals surface area contributed by atoms with E-state index in [9.17, 15) is 14.9 Å². The van der Waals surface area contributed by atoms with Gasteiger partial charge in [0.1, 0.15) is 12.4 Å². The molecule has 0 aliphatic carbocycles. The van der Waals surface area contributed by atoms with Crippen LogP contribution in [0.25, 0.3) is 0 Å². The fourth-order valence-electron chi connectivity index (χ4n) is 3.44. The minimum Gasteiger partial charge on any atom is -0.489 e. The summed E-state index contributed by atoms with van der Waals surface area (Å²) in [6.07, 6.45) is 1.73. The average Bonchev–Trinajstić information content (AvgIpc) is 3.27. The van der Waals surface area contributed by atoms with Gasteiger partial charge in [-0.2, -0.15) is 5.10 Å². The standard InChI is InChI=1S/C25H20Cl2N4O4/c1-16-12-19(8-9-23(16)31(33)34)35-15-17-4-2-5-18(13-17)25(32)28-24-10-11-30(29-24)14-20-21(26)6-3-7-22(20)27/h2-13H,14-15H2,1H3,(H,28,29,32). The second kappa shape index (κ2) is 10.6. The van der Waals surface area contributed by atoms with Crippen molar-refractivity contribution in [2.45, 2.75) is 20.1 Å². The number of anilines is 1. The first-order valence-electron chi connectivity index (χ1n) is 10.5. The van der Waals surface area contributed by atoms with Crippen molar-refractivity contribution in [1.82, 2.24) is 9.78 Å². The third kappa shape index (κ3) is 5.98. The quantitative estimate of drug-likeness (QED) is 0.222. The molecule has 3 aromatic carbocycles. The zero-order valence-corrected chi connectivity index (χ0v) is 20.1. The summed E-state index contributed by atoms with van der Waals surface area (Å²) >= 11 is 12.4. The minimum absolute atomic E-state index is 0.0356. The summed E-state index contributed by atoms with van der Waals surface area (Å²) in [5, 5.41) is 19.2. The number of benzene rings is 3. The van der Waals surface area contributed by atoms with E-state index in [1.54, 1.807) is 72.4 Å². The molecule has 0 radical (unpaired) electrons. The summed E-state index contributed by atoms with van der Waals surface area (Å²) in [5.74, 6) is 0.576. The zero-order chi connectivity index (χ0) is 24.9. The van der Waals surface area contributed by atoms with Crippen LogP contribution in [0.2, 0.25) is 10.0 Å². The van der Waals surface area contributed by atoms with E-state index < -0.39 is 4.92 Å². The molecule has 0 atom stereocenters. The Kier molecular flexibility index (Phi) is 7.33. The van der Waals surface area contributed by atoms with E-state index in [4.69, 9.17) is 27.9 Å². The molecule has 0 spiro atoms. The maximum Gasteiger partial charge on any atom is 0.272 e. The number of nitro groups is 1. The molecule has 0 unspecified atom stereocenters. The van der Waals surface area contributed by atoms with Crippen LogP contribution in [0.1, 0.15) is 27.0 Å². The Morgan fingerprint density at radius 1 is 1.09 bits per heavy atom. The normalized spacial score (nSPS) is 10.7. The van der Waals surface area contributed by atoms with Crippen molar-refractivity contribution in [2.24, 2.45) is 0 Å². The van der Waals surface area contributed by atoms with Gasteiger partial charge in [-0.1, -0.05) is 41.4 Å². The summed E-state index contributed by atoms with van der Waals surface area (Å²) in [6, 6.07) is 18.5. The lowest BCUT2D eigenvalue weighted by Gasteiger charge is -2.09. The van der Waals surface area contributed by atoms with Crippen molar-refractivity contribution in [3.63, 3.8) is 0 Å². The molecule has 10 heteroatoms. The van der Waals surface area contributed by atoms with E-state index in [0.717, 1.165) is 11.1 Å². The van der Waals surface area contributed by atoms with Gasteiger partial charge < -0.3 is 10.1 Å². The molecular weight excluding hydrogens is 491 g/mol. The average molecular weight is 511 g/mol. The van der Waals surface area contributed by atoms with E-state index in [0.29, 0.717) is 39.3 Å². The van der Waals surface area contributed by atoms with Gasteiger partial charge >= 0.3 is 0 Å². The molecule has 1 aromatic heterocycles. The van der Waals surface area contributed by atoms with E-state index >= 15 is 0 Å². The first kappa shape index (κ1) is 24.3. The smallest absolute Gasteiger partial charge is 0.272 e. The van der Waals surface area contributed by atoms with E-state index in [-0.39, 0.29) is 18.2 Å². The van der Waals surface area contributed by atoms with Crippen LogP contribution in [-0.2, 0) is 13.2 Å². The molecule has 178 valence electrons. The SMILES string of the molecule is Cc1cc(OCc2cccc(C(=O)Nc3ccn(Cc4c(Cl)cccc4Cl)n3)c2)ccc1[N+](=O)[O-]. The number of aromatic nitrogens is 2. The molecule has 4 aromatic rings. The van der Waals surface area contributed by atoms with Gasteiger partial charge in [-0.15, -0.1) is 0 Å². The predicted octanol–water partition coefficient (Wildman–Crippen LogP) is 6.29. The van der Waals surface area contributed by atoms with Crippen LogP contribution in [0.4, 0.5) is 11.5 Å². The van der Waals surface area contributed by atoms with Crippen LogP contribution < -0.4 is 10.1 Å². The summed E-state index contributed by atoms with van der Waals surface area (Å²) < 4.78 is 7.39. The number of carbonyl (C=O) groups is 1. The van der Waals surface area contributed by atoms with Gasteiger partial charge in [-0.05, 0) is 48.9 Å². The van der Waals surface area contributed by atoms with Crippen LogP contribution in [0.5, 0.6) is 5.75 Å². The second-order valence-electron chi connectivity index (χ2n) is 7.75. The molecule has 1 N–H and O–H groups in total. The number of ether oxygens (including phenoxy) is 1.